The number of hydrogen-bond donors (Lipinski definition) is 2. The van der Waals surface area contributed by atoms with Crippen LogP contribution in [0.4, 0.5) is 0 Å². The van der Waals surface area contributed by atoms with Gasteiger partial charge in [0.1, 0.15) is 5.76 Å². The molecule has 0 amide bonds. The Labute approximate surface area is 55.2 Å². The highest BCUT2D eigenvalue weighted by atomic mass is 16.3. The molecule has 0 heterocycles. The third-order valence-electron chi connectivity index (χ3n) is 0.713. The minimum Gasteiger partial charge on any atom is -0.509 e. The molecule has 0 unspecified atom stereocenters. The van der Waals surface area contributed by atoms with Crippen LogP contribution in [-0.4, -0.2) is 5.11 Å². The zero-order chi connectivity index (χ0) is 7.28. The molecule has 0 bridgehead atoms. The molecule has 0 aromatic heterocycles. The van der Waals surface area contributed by atoms with E-state index in [1.54, 1.807) is 0 Å². The van der Waals surface area contributed by atoms with Crippen molar-refractivity contribution >= 4 is 0 Å². The first-order valence-corrected chi connectivity index (χ1v) is 2.60. The molecular formula is C7H11NO. The Kier molecular flexibility index (Phi) is 3.28. The summed E-state index contributed by atoms with van der Waals surface area (Å²) in [6.45, 7) is 8.54. The van der Waals surface area contributed by atoms with E-state index in [1.165, 1.54) is 12.3 Å². The summed E-state index contributed by atoms with van der Waals surface area (Å²) < 4.78 is 0. The first-order valence-electron chi connectivity index (χ1n) is 2.60. The van der Waals surface area contributed by atoms with Gasteiger partial charge in [-0.3, -0.25) is 0 Å². The van der Waals surface area contributed by atoms with Crippen LogP contribution in [0.5, 0.6) is 0 Å². The van der Waals surface area contributed by atoms with Gasteiger partial charge in [0.05, 0.1) is 0 Å². The fourth-order valence-electron chi connectivity index (χ4n) is 0.453. The van der Waals surface area contributed by atoms with Gasteiger partial charge in [-0.15, -0.1) is 0 Å². The SMILES string of the molecule is C=CN/C(C)=C/C(=C)O. The van der Waals surface area contributed by atoms with E-state index in [4.69, 9.17) is 5.11 Å². The van der Waals surface area contributed by atoms with Crippen molar-refractivity contribution in [3.8, 4) is 0 Å². The maximum absolute atomic E-state index is 8.60. The maximum Gasteiger partial charge on any atom is 0.110 e. The predicted octanol–water partition coefficient (Wildman–Crippen LogP) is 1.70. The Hall–Kier alpha value is -1.18. The van der Waals surface area contributed by atoms with E-state index in [2.05, 4.69) is 18.5 Å². The Morgan fingerprint density at radius 3 is 2.56 bits per heavy atom. The first kappa shape index (κ1) is 7.82. The molecule has 0 rings (SSSR count). The van der Waals surface area contributed by atoms with Crippen molar-refractivity contribution in [1.29, 1.82) is 0 Å². The van der Waals surface area contributed by atoms with Crippen molar-refractivity contribution in [2.75, 3.05) is 0 Å². The highest BCUT2D eigenvalue weighted by Crippen LogP contribution is 1.91. The fourth-order valence-corrected chi connectivity index (χ4v) is 0.453. The molecule has 0 saturated carbocycles. The fraction of sp³-hybridized carbons (Fsp3) is 0.143. The van der Waals surface area contributed by atoms with Crippen LogP contribution in [0.2, 0.25) is 0 Å². The second kappa shape index (κ2) is 3.78. The lowest BCUT2D eigenvalue weighted by Crippen LogP contribution is -1.99. The van der Waals surface area contributed by atoms with E-state index in [1.807, 2.05) is 6.92 Å². The van der Waals surface area contributed by atoms with E-state index < -0.39 is 0 Å². The average molecular weight is 125 g/mol. The normalized spacial score (nSPS) is 10.6. The van der Waals surface area contributed by atoms with Crippen molar-refractivity contribution in [1.82, 2.24) is 5.32 Å². The second-order valence-corrected chi connectivity index (χ2v) is 1.67. The molecule has 2 N–H and O–H groups in total. The Balaban J connectivity index is 3.83. The number of allylic oxidation sites excluding steroid dienone is 2. The molecule has 9 heavy (non-hydrogen) atoms. The monoisotopic (exact) mass is 125 g/mol. The first-order chi connectivity index (χ1) is 4.16. The van der Waals surface area contributed by atoms with Crippen molar-refractivity contribution in [3.63, 3.8) is 0 Å². The Morgan fingerprint density at radius 2 is 2.22 bits per heavy atom. The van der Waals surface area contributed by atoms with Gasteiger partial charge in [0.15, 0.2) is 0 Å². The van der Waals surface area contributed by atoms with Crippen LogP contribution in [0.15, 0.2) is 36.9 Å². The molecule has 0 atom stereocenters. The molecule has 0 aromatic carbocycles. The summed E-state index contributed by atoms with van der Waals surface area (Å²) >= 11 is 0. The van der Waals surface area contributed by atoms with Gasteiger partial charge in [0.2, 0.25) is 0 Å². The molecule has 0 fully saturated rings. The van der Waals surface area contributed by atoms with Crippen molar-refractivity contribution in [3.05, 3.63) is 36.9 Å². The van der Waals surface area contributed by atoms with Gasteiger partial charge >= 0.3 is 0 Å². The summed E-state index contributed by atoms with van der Waals surface area (Å²) in [5.74, 6) is 0.0434. The molecule has 0 saturated heterocycles. The van der Waals surface area contributed by atoms with Gasteiger partial charge in [-0.05, 0) is 19.2 Å². The number of aliphatic hydroxyl groups excluding tert-OH is 1. The lowest BCUT2D eigenvalue weighted by atomic mass is 10.4. The van der Waals surface area contributed by atoms with Crippen LogP contribution in [0.1, 0.15) is 6.92 Å². The largest absolute Gasteiger partial charge is 0.509 e. The van der Waals surface area contributed by atoms with Crippen molar-refractivity contribution in [2.24, 2.45) is 0 Å². The van der Waals surface area contributed by atoms with Gasteiger partial charge in [-0.25, -0.2) is 0 Å². The highest BCUT2D eigenvalue weighted by molar-refractivity contribution is 5.12. The minimum absolute atomic E-state index is 0.0434. The molecule has 0 aliphatic heterocycles. The summed E-state index contributed by atoms with van der Waals surface area (Å²) in [5, 5.41) is 11.4. The van der Waals surface area contributed by atoms with Gasteiger partial charge in [-0.1, -0.05) is 13.2 Å². The standard InChI is InChI=1S/C7H11NO/c1-4-8-6(2)5-7(3)9/h4-5,8-9H,1,3H2,2H3/b6-5+. The Morgan fingerprint density at radius 1 is 1.67 bits per heavy atom. The molecule has 0 aliphatic rings. The highest BCUT2D eigenvalue weighted by Gasteiger charge is 1.82. The molecule has 0 aromatic rings. The lowest BCUT2D eigenvalue weighted by Gasteiger charge is -1.96. The van der Waals surface area contributed by atoms with Gasteiger partial charge in [0, 0.05) is 5.70 Å². The van der Waals surface area contributed by atoms with Gasteiger partial charge < -0.3 is 10.4 Å². The molecule has 50 valence electrons. The van der Waals surface area contributed by atoms with Crippen molar-refractivity contribution in [2.45, 2.75) is 6.92 Å². The van der Waals surface area contributed by atoms with Crippen LogP contribution in [-0.2, 0) is 0 Å². The van der Waals surface area contributed by atoms with Gasteiger partial charge in [0.25, 0.3) is 0 Å². The third kappa shape index (κ3) is 4.68. The summed E-state index contributed by atoms with van der Waals surface area (Å²) in [6, 6.07) is 0. The average Bonchev–Trinajstić information content (AvgIpc) is 1.63. The summed E-state index contributed by atoms with van der Waals surface area (Å²) in [5.41, 5.74) is 0.817. The molecule has 2 heteroatoms. The summed E-state index contributed by atoms with van der Waals surface area (Å²) in [6.07, 6.45) is 3.05. The Bertz CT molecular complexity index is 147. The molecular weight excluding hydrogens is 114 g/mol. The summed E-state index contributed by atoms with van der Waals surface area (Å²) in [7, 11) is 0. The molecule has 0 aliphatic carbocycles. The second-order valence-electron chi connectivity index (χ2n) is 1.67. The van der Waals surface area contributed by atoms with E-state index in [-0.39, 0.29) is 5.76 Å². The third-order valence-corrected chi connectivity index (χ3v) is 0.713. The number of nitrogens with one attached hydrogen (secondary N) is 1. The number of rotatable bonds is 3. The van der Waals surface area contributed by atoms with Crippen LogP contribution in [0.3, 0.4) is 0 Å². The van der Waals surface area contributed by atoms with Crippen LogP contribution in [0, 0.1) is 0 Å². The topological polar surface area (TPSA) is 32.3 Å². The van der Waals surface area contributed by atoms with E-state index in [0.717, 1.165) is 5.70 Å². The molecule has 0 spiro atoms. The molecule has 2 nitrogen and oxygen atoms in total. The van der Waals surface area contributed by atoms with E-state index >= 15 is 0 Å². The summed E-state index contributed by atoms with van der Waals surface area (Å²) in [4.78, 5) is 0. The van der Waals surface area contributed by atoms with Crippen LogP contribution in [0.25, 0.3) is 0 Å². The van der Waals surface area contributed by atoms with Crippen LogP contribution < -0.4 is 5.32 Å². The number of aliphatic hydroxyl groups is 1. The lowest BCUT2D eigenvalue weighted by molar-refractivity contribution is 0.434. The zero-order valence-corrected chi connectivity index (χ0v) is 5.52. The zero-order valence-electron chi connectivity index (χ0n) is 5.52. The van der Waals surface area contributed by atoms with E-state index in [9.17, 15) is 0 Å². The smallest absolute Gasteiger partial charge is 0.110 e. The maximum atomic E-state index is 8.60. The predicted molar refractivity (Wildman–Crippen MR) is 38.9 cm³/mol. The number of hydrogen-bond acceptors (Lipinski definition) is 2. The van der Waals surface area contributed by atoms with Crippen molar-refractivity contribution < 1.29 is 5.11 Å². The molecule has 0 radical (unpaired) electrons. The van der Waals surface area contributed by atoms with Gasteiger partial charge in [-0.2, -0.15) is 0 Å². The van der Waals surface area contributed by atoms with E-state index in [0.29, 0.717) is 0 Å². The van der Waals surface area contributed by atoms with Crippen LogP contribution >= 0.6 is 0 Å². The minimum atomic E-state index is 0.0434. The quantitative estimate of drug-likeness (QED) is 0.444.